The van der Waals surface area contributed by atoms with Crippen molar-refractivity contribution in [3.8, 4) is 0 Å². The summed E-state index contributed by atoms with van der Waals surface area (Å²) in [6.45, 7) is 6.22. The van der Waals surface area contributed by atoms with E-state index in [1.54, 1.807) is 0 Å². The van der Waals surface area contributed by atoms with Gasteiger partial charge < -0.3 is 10.2 Å². The fourth-order valence-corrected chi connectivity index (χ4v) is 1.41. The third-order valence-corrected chi connectivity index (χ3v) is 2.46. The van der Waals surface area contributed by atoms with Crippen LogP contribution in [0.25, 0.3) is 0 Å². The topological polar surface area (TPSA) is 41.1 Å². The molecule has 90 valence electrons. The first kappa shape index (κ1) is 12.9. The van der Waals surface area contributed by atoms with Gasteiger partial charge in [0.05, 0.1) is 6.54 Å². The quantitative estimate of drug-likeness (QED) is 0.795. The Morgan fingerprint density at radius 3 is 2.81 bits per heavy atom. The van der Waals surface area contributed by atoms with Crippen LogP contribution in [0.4, 0.5) is 5.82 Å². The molecule has 1 aromatic rings. The third kappa shape index (κ3) is 4.14. The Balaban J connectivity index is 2.60. The molecule has 0 atom stereocenters. The molecule has 1 rings (SSSR count). The first-order valence-electron chi connectivity index (χ1n) is 5.81. The molecule has 4 nitrogen and oxygen atoms in total. The standard InChI is InChI=1S/C12H22N4/c1-10(2)6-8-16(4)12-5-7-14-11(15-12)9-13-3/h5,7,10,13H,6,8-9H2,1-4H3. The van der Waals surface area contributed by atoms with Crippen LogP contribution in [0.1, 0.15) is 26.1 Å². The molecule has 0 fully saturated rings. The van der Waals surface area contributed by atoms with Gasteiger partial charge in [0.1, 0.15) is 11.6 Å². The zero-order valence-corrected chi connectivity index (χ0v) is 10.7. The van der Waals surface area contributed by atoms with E-state index in [2.05, 4.69) is 41.1 Å². The molecule has 1 N–H and O–H groups in total. The molecule has 0 aliphatic rings. The minimum Gasteiger partial charge on any atom is -0.360 e. The van der Waals surface area contributed by atoms with Gasteiger partial charge in [0.25, 0.3) is 0 Å². The van der Waals surface area contributed by atoms with Crippen molar-refractivity contribution >= 4 is 5.82 Å². The highest BCUT2D eigenvalue weighted by molar-refractivity contribution is 5.35. The Morgan fingerprint density at radius 1 is 1.44 bits per heavy atom. The first-order valence-corrected chi connectivity index (χ1v) is 5.81. The van der Waals surface area contributed by atoms with Crippen molar-refractivity contribution in [2.45, 2.75) is 26.8 Å². The van der Waals surface area contributed by atoms with Crippen LogP contribution in [-0.4, -0.2) is 30.6 Å². The molecular formula is C12H22N4. The van der Waals surface area contributed by atoms with Crippen molar-refractivity contribution in [1.82, 2.24) is 15.3 Å². The average molecular weight is 222 g/mol. The number of aromatic nitrogens is 2. The van der Waals surface area contributed by atoms with Crippen LogP contribution in [0.15, 0.2) is 12.3 Å². The highest BCUT2D eigenvalue weighted by atomic mass is 15.2. The Bertz CT molecular complexity index is 312. The Kier molecular flexibility index (Phi) is 5.19. The van der Waals surface area contributed by atoms with E-state index in [1.165, 1.54) is 6.42 Å². The van der Waals surface area contributed by atoms with Gasteiger partial charge >= 0.3 is 0 Å². The van der Waals surface area contributed by atoms with E-state index >= 15 is 0 Å². The lowest BCUT2D eigenvalue weighted by Crippen LogP contribution is -2.22. The Labute approximate surface area is 98.1 Å². The molecule has 0 aliphatic carbocycles. The lowest BCUT2D eigenvalue weighted by Gasteiger charge is -2.19. The smallest absolute Gasteiger partial charge is 0.144 e. The molecule has 0 saturated heterocycles. The summed E-state index contributed by atoms with van der Waals surface area (Å²) >= 11 is 0. The normalized spacial score (nSPS) is 10.8. The fourth-order valence-electron chi connectivity index (χ4n) is 1.41. The number of hydrogen-bond acceptors (Lipinski definition) is 4. The van der Waals surface area contributed by atoms with Crippen molar-refractivity contribution < 1.29 is 0 Å². The number of nitrogens with one attached hydrogen (secondary N) is 1. The SMILES string of the molecule is CNCc1nccc(N(C)CCC(C)C)n1. The molecule has 0 spiro atoms. The van der Waals surface area contributed by atoms with E-state index in [0.717, 1.165) is 24.1 Å². The van der Waals surface area contributed by atoms with E-state index in [0.29, 0.717) is 6.54 Å². The number of hydrogen-bond donors (Lipinski definition) is 1. The van der Waals surface area contributed by atoms with Gasteiger partial charge in [-0.05, 0) is 25.5 Å². The van der Waals surface area contributed by atoms with Crippen LogP contribution in [0.2, 0.25) is 0 Å². The molecule has 0 saturated carbocycles. The Hall–Kier alpha value is -1.16. The molecule has 0 unspecified atom stereocenters. The van der Waals surface area contributed by atoms with Crippen LogP contribution in [0.3, 0.4) is 0 Å². The van der Waals surface area contributed by atoms with Crippen molar-refractivity contribution in [2.24, 2.45) is 5.92 Å². The molecule has 4 heteroatoms. The number of anilines is 1. The van der Waals surface area contributed by atoms with Crippen LogP contribution in [0.5, 0.6) is 0 Å². The van der Waals surface area contributed by atoms with Gasteiger partial charge in [-0.3, -0.25) is 0 Å². The van der Waals surface area contributed by atoms with Crippen LogP contribution in [-0.2, 0) is 6.54 Å². The largest absolute Gasteiger partial charge is 0.360 e. The molecule has 0 aliphatic heterocycles. The maximum atomic E-state index is 4.49. The lowest BCUT2D eigenvalue weighted by atomic mass is 10.1. The summed E-state index contributed by atoms with van der Waals surface area (Å²) in [4.78, 5) is 10.9. The summed E-state index contributed by atoms with van der Waals surface area (Å²) in [5.41, 5.74) is 0. The highest BCUT2D eigenvalue weighted by Gasteiger charge is 2.04. The maximum absolute atomic E-state index is 4.49. The van der Waals surface area contributed by atoms with Crippen molar-refractivity contribution in [3.63, 3.8) is 0 Å². The van der Waals surface area contributed by atoms with Crippen molar-refractivity contribution in [3.05, 3.63) is 18.1 Å². The first-order chi connectivity index (χ1) is 7.63. The highest BCUT2D eigenvalue weighted by Crippen LogP contribution is 2.10. The monoisotopic (exact) mass is 222 g/mol. The van der Waals surface area contributed by atoms with Crippen molar-refractivity contribution in [1.29, 1.82) is 0 Å². The lowest BCUT2D eigenvalue weighted by molar-refractivity contribution is 0.583. The fraction of sp³-hybridized carbons (Fsp3) is 0.667. The molecule has 1 heterocycles. The van der Waals surface area contributed by atoms with Gasteiger partial charge in [-0.15, -0.1) is 0 Å². The van der Waals surface area contributed by atoms with E-state index in [-0.39, 0.29) is 0 Å². The van der Waals surface area contributed by atoms with Crippen LogP contribution < -0.4 is 10.2 Å². The molecule has 0 amide bonds. The van der Waals surface area contributed by atoms with Gasteiger partial charge in [-0.2, -0.15) is 0 Å². The zero-order chi connectivity index (χ0) is 12.0. The molecule has 0 radical (unpaired) electrons. The van der Waals surface area contributed by atoms with E-state index in [9.17, 15) is 0 Å². The van der Waals surface area contributed by atoms with Gasteiger partial charge in [0.2, 0.25) is 0 Å². The number of nitrogens with zero attached hydrogens (tertiary/aromatic N) is 3. The summed E-state index contributed by atoms with van der Waals surface area (Å²) in [6, 6.07) is 1.96. The zero-order valence-electron chi connectivity index (χ0n) is 10.7. The van der Waals surface area contributed by atoms with Gasteiger partial charge in [0, 0.05) is 19.8 Å². The second-order valence-corrected chi connectivity index (χ2v) is 4.47. The summed E-state index contributed by atoms with van der Waals surface area (Å²) in [7, 11) is 3.98. The summed E-state index contributed by atoms with van der Waals surface area (Å²) in [5, 5.41) is 3.06. The average Bonchev–Trinajstić information content (AvgIpc) is 2.26. The van der Waals surface area contributed by atoms with E-state index in [4.69, 9.17) is 0 Å². The second-order valence-electron chi connectivity index (χ2n) is 4.47. The molecule has 0 bridgehead atoms. The maximum Gasteiger partial charge on any atom is 0.144 e. The Morgan fingerprint density at radius 2 is 2.19 bits per heavy atom. The van der Waals surface area contributed by atoms with E-state index < -0.39 is 0 Å². The van der Waals surface area contributed by atoms with Gasteiger partial charge in [0.15, 0.2) is 0 Å². The van der Waals surface area contributed by atoms with Crippen LogP contribution in [0, 0.1) is 5.92 Å². The minimum atomic E-state index is 0.714. The van der Waals surface area contributed by atoms with Gasteiger partial charge in [-0.1, -0.05) is 13.8 Å². The van der Waals surface area contributed by atoms with Crippen molar-refractivity contribution in [2.75, 3.05) is 25.5 Å². The predicted octanol–water partition coefficient (Wildman–Crippen LogP) is 1.68. The molecular weight excluding hydrogens is 200 g/mol. The van der Waals surface area contributed by atoms with Crippen LogP contribution >= 0.6 is 0 Å². The summed E-state index contributed by atoms with van der Waals surface area (Å²) in [5.74, 6) is 2.57. The molecule has 16 heavy (non-hydrogen) atoms. The van der Waals surface area contributed by atoms with E-state index in [1.807, 2.05) is 19.3 Å². The summed E-state index contributed by atoms with van der Waals surface area (Å²) in [6.07, 6.45) is 3.00. The molecule has 0 aromatic carbocycles. The van der Waals surface area contributed by atoms with Gasteiger partial charge in [-0.25, -0.2) is 9.97 Å². The summed E-state index contributed by atoms with van der Waals surface area (Å²) < 4.78 is 0. The molecule has 1 aromatic heterocycles. The predicted molar refractivity (Wildman–Crippen MR) is 67.5 cm³/mol. The second kappa shape index (κ2) is 6.43. The number of rotatable bonds is 6. The minimum absolute atomic E-state index is 0.714. The third-order valence-electron chi connectivity index (χ3n) is 2.46.